The molecule has 2 N–H and O–H groups in total. The number of anilines is 2. The van der Waals surface area contributed by atoms with Crippen molar-refractivity contribution < 1.29 is 13.6 Å². The summed E-state index contributed by atoms with van der Waals surface area (Å²) in [6.45, 7) is 4.57. The third-order valence-corrected chi connectivity index (χ3v) is 2.97. The average Bonchev–Trinajstić information content (AvgIpc) is 2.37. The Labute approximate surface area is 122 Å². The number of halogens is 2. The van der Waals surface area contributed by atoms with Crippen molar-refractivity contribution in [2.75, 3.05) is 17.2 Å². The molecule has 21 heavy (non-hydrogen) atoms. The molecular formula is C16H16F2N2O. The summed E-state index contributed by atoms with van der Waals surface area (Å²) in [5, 5.41) is 5.64. The number of rotatable bonds is 4. The molecule has 0 bridgehead atoms. The van der Waals surface area contributed by atoms with Gasteiger partial charge in [-0.3, -0.25) is 4.79 Å². The smallest absolute Gasteiger partial charge is 0.255 e. The molecule has 0 aliphatic heterocycles. The Kier molecular flexibility index (Phi) is 4.52. The summed E-state index contributed by atoms with van der Waals surface area (Å²) in [6.07, 6.45) is 0. The van der Waals surface area contributed by atoms with Crippen molar-refractivity contribution in [3.63, 3.8) is 0 Å². The first-order chi connectivity index (χ1) is 9.99. The van der Waals surface area contributed by atoms with Crippen LogP contribution in [0.25, 0.3) is 0 Å². The highest BCUT2D eigenvalue weighted by atomic mass is 19.1. The molecule has 0 heterocycles. The Morgan fingerprint density at radius 1 is 1.05 bits per heavy atom. The Bertz CT molecular complexity index is 651. The average molecular weight is 290 g/mol. The Morgan fingerprint density at radius 3 is 2.29 bits per heavy atom. The molecule has 0 atom stereocenters. The van der Waals surface area contributed by atoms with Crippen molar-refractivity contribution in [1.82, 2.24) is 0 Å². The van der Waals surface area contributed by atoms with Crippen LogP contribution in [-0.2, 0) is 0 Å². The SMILES string of the molecule is CCNc1ccc(C(=O)Nc2cc(F)cc(F)c2)c(C)c1. The summed E-state index contributed by atoms with van der Waals surface area (Å²) in [5.41, 5.74) is 2.25. The minimum atomic E-state index is -0.732. The van der Waals surface area contributed by atoms with Gasteiger partial charge in [-0.25, -0.2) is 8.78 Å². The fourth-order valence-corrected chi connectivity index (χ4v) is 2.06. The fraction of sp³-hybridized carbons (Fsp3) is 0.188. The minimum absolute atomic E-state index is 0.0904. The van der Waals surface area contributed by atoms with E-state index in [1.807, 2.05) is 19.9 Å². The number of aryl methyl sites for hydroxylation is 1. The van der Waals surface area contributed by atoms with E-state index in [1.54, 1.807) is 12.1 Å². The molecular weight excluding hydrogens is 274 g/mol. The van der Waals surface area contributed by atoms with Gasteiger partial charge in [0.25, 0.3) is 5.91 Å². The van der Waals surface area contributed by atoms with Gasteiger partial charge in [-0.2, -0.15) is 0 Å². The van der Waals surface area contributed by atoms with Crippen LogP contribution < -0.4 is 10.6 Å². The molecule has 0 aliphatic rings. The number of carbonyl (C=O) groups excluding carboxylic acids is 1. The number of nitrogens with one attached hydrogen (secondary N) is 2. The van der Waals surface area contributed by atoms with Crippen molar-refractivity contribution >= 4 is 17.3 Å². The molecule has 2 rings (SSSR count). The second-order valence-corrected chi connectivity index (χ2v) is 4.67. The summed E-state index contributed by atoms with van der Waals surface area (Å²) >= 11 is 0. The number of benzene rings is 2. The lowest BCUT2D eigenvalue weighted by Gasteiger charge is -2.10. The minimum Gasteiger partial charge on any atom is -0.385 e. The van der Waals surface area contributed by atoms with Crippen LogP contribution >= 0.6 is 0 Å². The second kappa shape index (κ2) is 6.35. The van der Waals surface area contributed by atoms with E-state index in [0.29, 0.717) is 5.56 Å². The van der Waals surface area contributed by atoms with E-state index in [9.17, 15) is 13.6 Å². The van der Waals surface area contributed by atoms with E-state index < -0.39 is 17.5 Å². The lowest BCUT2D eigenvalue weighted by atomic mass is 10.1. The van der Waals surface area contributed by atoms with E-state index >= 15 is 0 Å². The first-order valence-electron chi connectivity index (χ1n) is 6.61. The van der Waals surface area contributed by atoms with Crippen LogP contribution in [0.5, 0.6) is 0 Å². The Morgan fingerprint density at radius 2 is 1.71 bits per heavy atom. The zero-order valence-corrected chi connectivity index (χ0v) is 11.8. The monoisotopic (exact) mass is 290 g/mol. The van der Waals surface area contributed by atoms with E-state index in [1.165, 1.54) is 0 Å². The van der Waals surface area contributed by atoms with Crippen molar-refractivity contribution in [1.29, 1.82) is 0 Å². The molecule has 0 unspecified atom stereocenters. The summed E-state index contributed by atoms with van der Waals surface area (Å²) in [6, 6.07) is 8.22. The summed E-state index contributed by atoms with van der Waals surface area (Å²) in [7, 11) is 0. The third-order valence-electron chi connectivity index (χ3n) is 2.97. The lowest BCUT2D eigenvalue weighted by molar-refractivity contribution is 0.102. The predicted octanol–water partition coefficient (Wildman–Crippen LogP) is 3.96. The standard InChI is InChI=1S/C16H16F2N2O/c1-3-19-13-4-5-15(10(2)6-13)16(21)20-14-8-11(17)7-12(18)9-14/h4-9,19H,3H2,1-2H3,(H,20,21). The van der Waals surface area contributed by atoms with Crippen molar-refractivity contribution in [3.8, 4) is 0 Å². The molecule has 110 valence electrons. The second-order valence-electron chi connectivity index (χ2n) is 4.67. The van der Waals surface area contributed by atoms with Gasteiger partial charge >= 0.3 is 0 Å². The third kappa shape index (κ3) is 3.78. The van der Waals surface area contributed by atoms with Gasteiger partial charge in [0.1, 0.15) is 11.6 Å². The van der Waals surface area contributed by atoms with Crippen LogP contribution in [0.4, 0.5) is 20.2 Å². The predicted molar refractivity (Wildman–Crippen MR) is 79.7 cm³/mol. The van der Waals surface area contributed by atoms with Gasteiger partial charge in [0.15, 0.2) is 0 Å². The van der Waals surface area contributed by atoms with Gasteiger partial charge in [0, 0.05) is 29.5 Å². The maximum atomic E-state index is 13.1. The van der Waals surface area contributed by atoms with Gasteiger partial charge in [-0.05, 0) is 49.7 Å². The molecule has 0 aliphatic carbocycles. The number of hydrogen-bond donors (Lipinski definition) is 2. The van der Waals surface area contributed by atoms with E-state index in [-0.39, 0.29) is 5.69 Å². The van der Waals surface area contributed by atoms with Gasteiger partial charge < -0.3 is 10.6 Å². The van der Waals surface area contributed by atoms with Crippen LogP contribution in [0.2, 0.25) is 0 Å². The summed E-state index contributed by atoms with van der Waals surface area (Å²) in [4.78, 5) is 12.2. The number of amides is 1. The molecule has 0 aromatic heterocycles. The van der Waals surface area contributed by atoms with Gasteiger partial charge in [0.2, 0.25) is 0 Å². The highest BCUT2D eigenvalue weighted by molar-refractivity contribution is 6.05. The van der Waals surface area contributed by atoms with Crippen molar-refractivity contribution in [3.05, 3.63) is 59.2 Å². The van der Waals surface area contributed by atoms with Gasteiger partial charge in [-0.15, -0.1) is 0 Å². The molecule has 5 heteroatoms. The quantitative estimate of drug-likeness (QED) is 0.895. The molecule has 2 aromatic rings. The topological polar surface area (TPSA) is 41.1 Å². The van der Waals surface area contributed by atoms with Gasteiger partial charge in [0.05, 0.1) is 0 Å². The summed E-state index contributed by atoms with van der Waals surface area (Å²) in [5.74, 6) is -1.87. The summed E-state index contributed by atoms with van der Waals surface area (Å²) < 4.78 is 26.2. The van der Waals surface area contributed by atoms with E-state index in [2.05, 4.69) is 10.6 Å². The lowest BCUT2D eigenvalue weighted by Crippen LogP contribution is -2.14. The first kappa shape index (κ1) is 15.0. The molecule has 2 aromatic carbocycles. The molecule has 0 saturated heterocycles. The van der Waals surface area contributed by atoms with Gasteiger partial charge in [-0.1, -0.05) is 0 Å². The highest BCUT2D eigenvalue weighted by Gasteiger charge is 2.11. The van der Waals surface area contributed by atoms with E-state index in [4.69, 9.17) is 0 Å². The highest BCUT2D eigenvalue weighted by Crippen LogP contribution is 2.18. The molecule has 3 nitrogen and oxygen atoms in total. The maximum Gasteiger partial charge on any atom is 0.255 e. The van der Waals surface area contributed by atoms with Crippen LogP contribution in [-0.4, -0.2) is 12.5 Å². The van der Waals surface area contributed by atoms with E-state index in [0.717, 1.165) is 36.0 Å². The largest absolute Gasteiger partial charge is 0.385 e. The zero-order valence-electron chi connectivity index (χ0n) is 11.8. The normalized spacial score (nSPS) is 10.3. The maximum absolute atomic E-state index is 13.1. The van der Waals surface area contributed by atoms with Crippen LogP contribution in [0, 0.1) is 18.6 Å². The Balaban J connectivity index is 2.20. The van der Waals surface area contributed by atoms with Crippen molar-refractivity contribution in [2.24, 2.45) is 0 Å². The van der Waals surface area contributed by atoms with Crippen LogP contribution in [0.3, 0.4) is 0 Å². The van der Waals surface area contributed by atoms with Crippen molar-refractivity contribution in [2.45, 2.75) is 13.8 Å². The Hall–Kier alpha value is -2.43. The molecule has 0 spiro atoms. The molecule has 0 radical (unpaired) electrons. The molecule has 1 amide bonds. The van der Waals surface area contributed by atoms with Crippen LogP contribution in [0.15, 0.2) is 36.4 Å². The molecule has 0 saturated carbocycles. The van der Waals surface area contributed by atoms with Crippen LogP contribution in [0.1, 0.15) is 22.8 Å². The number of carbonyl (C=O) groups is 1. The fourth-order valence-electron chi connectivity index (χ4n) is 2.06. The number of hydrogen-bond acceptors (Lipinski definition) is 2. The first-order valence-corrected chi connectivity index (χ1v) is 6.61. The zero-order chi connectivity index (χ0) is 15.4. The molecule has 0 fully saturated rings.